The molecule has 1 amide bonds. The lowest BCUT2D eigenvalue weighted by atomic mass is 10.1. The predicted octanol–water partition coefficient (Wildman–Crippen LogP) is 2.30. The highest BCUT2D eigenvalue weighted by Gasteiger charge is 2.19. The fourth-order valence-electron chi connectivity index (χ4n) is 3.09. The summed E-state index contributed by atoms with van der Waals surface area (Å²) in [6, 6.07) is 14.8. The molecule has 0 radical (unpaired) electrons. The van der Waals surface area contributed by atoms with E-state index in [2.05, 4.69) is 4.98 Å². The topological polar surface area (TPSA) is 81.5 Å². The summed E-state index contributed by atoms with van der Waals surface area (Å²) in [6.45, 7) is 2.29. The molecular formula is C22H23N3O4. The van der Waals surface area contributed by atoms with Gasteiger partial charge in [-0.05, 0) is 30.2 Å². The van der Waals surface area contributed by atoms with Gasteiger partial charge in [-0.1, -0.05) is 36.4 Å². The highest BCUT2D eigenvalue weighted by molar-refractivity contribution is 5.82. The average molecular weight is 393 g/mol. The molecule has 0 atom stereocenters. The molecule has 0 aliphatic rings. The van der Waals surface area contributed by atoms with E-state index in [1.54, 1.807) is 18.2 Å². The Labute approximate surface area is 168 Å². The van der Waals surface area contributed by atoms with Crippen LogP contribution in [0.25, 0.3) is 10.9 Å². The van der Waals surface area contributed by atoms with E-state index in [0.717, 1.165) is 11.1 Å². The Morgan fingerprint density at radius 1 is 1.10 bits per heavy atom. The van der Waals surface area contributed by atoms with Gasteiger partial charge in [0.1, 0.15) is 6.54 Å². The third kappa shape index (κ3) is 4.87. The number of nitrogens with zero attached hydrogens (tertiary/aromatic N) is 3. The highest BCUT2D eigenvalue weighted by atomic mass is 16.5. The number of para-hydroxylation sites is 1. The van der Waals surface area contributed by atoms with E-state index in [1.807, 2.05) is 37.3 Å². The lowest BCUT2D eigenvalue weighted by Gasteiger charge is -2.22. The van der Waals surface area contributed by atoms with Crippen LogP contribution in [-0.2, 0) is 27.4 Å². The lowest BCUT2D eigenvalue weighted by molar-refractivity contribution is -0.147. The standard InChI is InChI=1S/C22H23N3O4/c1-16-7-3-4-8-17(16)13-25(14-21(27)29-2)20(26)11-12-24-15-23-19-10-6-5-9-18(19)22(24)28/h3-10,15H,11-14H2,1-2H3. The summed E-state index contributed by atoms with van der Waals surface area (Å²) in [7, 11) is 1.29. The van der Waals surface area contributed by atoms with Gasteiger partial charge in [-0.15, -0.1) is 0 Å². The molecule has 0 bridgehead atoms. The van der Waals surface area contributed by atoms with E-state index in [-0.39, 0.29) is 31.0 Å². The molecule has 1 aromatic heterocycles. The van der Waals surface area contributed by atoms with Crippen molar-refractivity contribution in [3.8, 4) is 0 Å². The van der Waals surface area contributed by atoms with Gasteiger partial charge >= 0.3 is 5.97 Å². The first-order valence-corrected chi connectivity index (χ1v) is 9.33. The fourth-order valence-corrected chi connectivity index (χ4v) is 3.09. The van der Waals surface area contributed by atoms with Crippen molar-refractivity contribution in [2.24, 2.45) is 0 Å². The molecule has 0 spiro atoms. The Morgan fingerprint density at radius 2 is 1.83 bits per heavy atom. The number of esters is 1. The summed E-state index contributed by atoms with van der Waals surface area (Å²) >= 11 is 0. The molecule has 0 fully saturated rings. The first kappa shape index (κ1) is 20.3. The number of carbonyl (C=O) groups is 2. The molecule has 7 heteroatoms. The predicted molar refractivity (Wildman–Crippen MR) is 109 cm³/mol. The van der Waals surface area contributed by atoms with Gasteiger partial charge in [-0.2, -0.15) is 0 Å². The maximum atomic E-state index is 12.8. The number of amides is 1. The molecule has 2 aromatic carbocycles. The van der Waals surface area contributed by atoms with E-state index in [0.29, 0.717) is 17.4 Å². The smallest absolute Gasteiger partial charge is 0.325 e. The number of carbonyl (C=O) groups excluding carboxylic acids is 2. The Kier molecular flexibility index (Phi) is 6.39. The number of rotatable bonds is 7. The van der Waals surface area contributed by atoms with Crippen LogP contribution in [0.5, 0.6) is 0 Å². The fraction of sp³-hybridized carbons (Fsp3) is 0.273. The Bertz CT molecular complexity index is 1090. The zero-order chi connectivity index (χ0) is 20.8. The number of ether oxygens (including phenoxy) is 1. The molecule has 0 N–H and O–H groups in total. The molecule has 0 unspecified atom stereocenters. The third-order valence-electron chi connectivity index (χ3n) is 4.82. The van der Waals surface area contributed by atoms with Gasteiger partial charge in [0.15, 0.2) is 0 Å². The van der Waals surface area contributed by atoms with Crippen LogP contribution in [0.1, 0.15) is 17.5 Å². The minimum absolute atomic E-state index is 0.0722. The second-order valence-electron chi connectivity index (χ2n) is 6.76. The zero-order valence-corrected chi connectivity index (χ0v) is 16.5. The molecule has 29 heavy (non-hydrogen) atoms. The summed E-state index contributed by atoms with van der Waals surface area (Å²) in [4.78, 5) is 43.0. The van der Waals surface area contributed by atoms with Crippen LogP contribution < -0.4 is 5.56 Å². The summed E-state index contributed by atoms with van der Waals surface area (Å²) in [5.41, 5.74) is 2.41. The molecule has 0 aliphatic heterocycles. The monoisotopic (exact) mass is 393 g/mol. The average Bonchev–Trinajstić information content (AvgIpc) is 2.74. The van der Waals surface area contributed by atoms with Crippen molar-refractivity contribution in [3.63, 3.8) is 0 Å². The van der Waals surface area contributed by atoms with Gasteiger partial charge in [-0.25, -0.2) is 4.98 Å². The molecule has 1 heterocycles. The Morgan fingerprint density at radius 3 is 2.59 bits per heavy atom. The number of benzene rings is 2. The lowest BCUT2D eigenvalue weighted by Crippen LogP contribution is -2.37. The van der Waals surface area contributed by atoms with Crippen molar-refractivity contribution < 1.29 is 14.3 Å². The van der Waals surface area contributed by atoms with Crippen molar-refractivity contribution in [2.75, 3.05) is 13.7 Å². The van der Waals surface area contributed by atoms with E-state index in [4.69, 9.17) is 4.74 Å². The number of hydrogen-bond donors (Lipinski definition) is 0. The second kappa shape index (κ2) is 9.14. The van der Waals surface area contributed by atoms with Crippen LogP contribution in [0.2, 0.25) is 0 Å². The van der Waals surface area contributed by atoms with Crippen molar-refractivity contribution in [1.29, 1.82) is 0 Å². The number of hydrogen-bond acceptors (Lipinski definition) is 5. The van der Waals surface area contributed by atoms with E-state index < -0.39 is 5.97 Å². The number of aromatic nitrogens is 2. The van der Waals surface area contributed by atoms with Gasteiger partial charge in [-0.3, -0.25) is 19.0 Å². The quantitative estimate of drug-likeness (QED) is 0.576. The number of fused-ring (bicyclic) bond motifs is 1. The van der Waals surface area contributed by atoms with E-state index >= 15 is 0 Å². The van der Waals surface area contributed by atoms with Crippen LogP contribution in [0.15, 0.2) is 59.7 Å². The molecule has 150 valence electrons. The van der Waals surface area contributed by atoms with Crippen molar-refractivity contribution in [3.05, 3.63) is 76.3 Å². The third-order valence-corrected chi connectivity index (χ3v) is 4.82. The molecular weight excluding hydrogens is 370 g/mol. The summed E-state index contributed by atoms with van der Waals surface area (Å²) < 4.78 is 6.15. The van der Waals surface area contributed by atoms with Crippen LogP contribution in [0, 0.1) is 6.92 Å². The Hall–Kier alpha value is -3.48. The van der Waals surface area contributed by atoms with E-state index in [9.17, 15) is 14.4 Å². The first-order chi connectivity index (χ1) is 14.0. The van der Waals surface area contributed by atoms with Crippen LogP contribution in [-0.4, -0.2) is 40.0 Å². The van der Waals surface area contributed by atoms with Crippen LogP contribution >= 0.6 is 0 Å². The van der Waals surface area contributed by atoms with Gasteiger partial charge in [0.05, 0.1) is 24.3 Å². The minimum atomic E-state index is -0.489. The molecule has 0 saturated carbocycles. The summed E-state index contributed by atoms with van der Waals surface area (Å²) in [5.74, 6) is -0.727. The molecule has 0 saturated heterocycles. The maximum absolute atomic E-state index is 12.8. The van der Waals surface area contributed by atoms with E-state index in [1.165, 1.54) is 22.9 Å². The molecule has 0 aliphatic carbocycles. The van der Waals surface area contributed by atoms with Gasteiger partial charge < -0.3 is 9.64 Å². The molecule has 7 nitrogen and oxygen atoms in total. The Balaban J connectivity index is 1.76. The van der Waals surface area contributed by atoms with Crippen molar-refractivity contribution >= 4 is 22.8 Å². The van der Waals surface area contributed by atoms with Crippen molar-refractivity contribution in [1.82, 2.24) is 14.5 Å². The minimum Gasteiger partial charge on any atom is -0.468 e. The van der Waals surface area contributed by atoms with Crippen LogP contribution in [0.4, 0.5) is 0 Å². The molecule has 3 aromatic rings. The largest absolute Gasteiger partial charge is 0.468 e. The van der Waals surface area contributed by atoms with Crippen LogP contribution in [0.3, 0.4) is 0 Å². The summed E-state index contributed by atoms with van der Waals surface area (Å²) in [6.07, 6.45) is 1.52. The van der Waals surface area contributed by atoms with Gasteiger partial charge in [0, 0.05) is 19.5 Å². The normalized spacial score (nSPS) is 10.7. The number of aryl methyl sites for hydroxylation is 2. The SMILES string of the molecule is COC(=O)CN(Cc1ccccc1C)C(=O)CCn1cnc2ccccc2c1=O. The van der Waals surface area contributed by atoms with Gasteiger partial charge in [0.25, 0.3) is 5.56 Å². The van der Waals surface area contributed by atoms with Crippen molar-refractivity contribution in [2.45, 2.75) is 26.4 Å². The number of methoxy groups -OCH3 is 1. The molecule has 3 rings (SSSR count). The van der Waals surface area contributed by atoms with Gasteiger partial charge in [0.2, 0.25) is 5.91 Å². The first-order valence-electron chi connectivity index (χ1n) is 9.33. The zero-order valence-electron chi connectivity index (χ0n) is 16.5. The second-order valence-corrected chi connectivity index (χ2v) is 6.76. The summed E-state index contributed by atoms with van der Waals surface area (Å²) in [5, 5.41) is 0.508. The highest BCUT2D eigenvalue weighted by Crippen LogP contribution is 2.12. The maximum Gasteiger partial charge on any atom is 0.325 e.